The number of hydrogen-bond acceptors (Lipinski definition) is 5. The van der Waals surface area contributed by atoms with Gasteiger partial charge in [-0.05, 0) is 31.5 Å². The molecule has 1 aromatic heterocycles. The molecule has 2 aromatic rings. The summed E-state index contributed by atoms with van der Waals surface area (Å²) in [5.74, 6) is -0.761. The monoisotopic (exact) mass is 338 g/mol. The van der Waals surface area contributed by atoms with Gasteiger partial charge >= 0.3 is 0 Å². The predicted molar refractivity (Wildman–Crippen MR) is 82.9 cm³/mol. The van der Waals surface area contributed by atoms with Crippen LogP contribution in [0, 0.1) is 11.6 Å². The molecule has 3 heterocycles. The van der Waals surface area contributed by atoms with Crippen molar-refractivity contribution in [2.45, 2.75) is 26.1 Å². The van der Waals surface area contributed by atoms with Crippen LogP contribution >= 0.6 is 11.6 Å². The number of hydrogen-bond donors (Lipinski definition) is 1. The van der Waals surface area contributed by atoms with Gasteiger partial charge < -0.3 is 15.0 Å². The molecular weight excluding hydrogens is 326 g/mol. The molecular formula is C15H13ClF2N4O. The molecule has 8 heteroatoms. The molecule has 0 fully saturated rings. The Hall–Kier alpha value is -2.15. The Balaban J connectivity index is 2.00. The molecule has 0 aliphatic carbocycles. The maximum atomic E-state index is 14.5. The first kappa shape index (κ1) is 14.4. The molecule has 120 valence electrons. The van der Waals surface area contributed by atoms with Crippen LogP contribution in [0.1, 0.15) is 13.8 Å². The number of nitrogens with zero attached hydrogens (tertiary/aromatic N) is 3. The molecule has 0 amide bonds. The maximum Gasteiger partial charge on any atom is 0.223 e. The first-order chi connectivity index (χ1) is 11.0. The maximum absolute atomic E-state index is 14.5. The lowest BCUT2D eigenvalue weighted by Gasteiger charge is -2.36. The summed E-state index contributed by atoms with van der Waals surface area (Å²) in [6.45, 7) is 4.34. The van der Waals surface area contributed by atoms with Gasteiger partial charge in [0.25, 0.3) is 0 Å². The lowest BCUT2D eigenvalue weighted by molar-refractivity contribution is 0.269. The second-order valence-corrected chi connectivity index (χ2v) is 6.02. The van der Waals surface area contributed by atoms with Gasteiger partial charge in [-0.3, -0.25) is 0 Å². The lowest BCUT2D eigenvalue weighted by Crippen LogP contribution is -2.45. The van der Waals surface area contributed by atoms with Gasteiger partial charge in [0.1, 0.15) is 23.8 Å². The van der Waals surface area contributed by atoms with Gasteiger partial charge in [0.15, 0.2) is 11.6 Å². The van der Waals surface area contributed by atoms with Crippen LogP contribution in [0.2, 0.25) is 5.28 Å². The molecule has 23 heavy (non-hydrogen) atoms. The molecule has 2 unspecified atom stereocenters. The third kappa shape index (κ3) is 2.03. The van der Waals surface area contributed by atoms with Gasteiger partial charge in [-0.2, -0.15) is 0 Å². The molecule has 1 N–H and O–H groups in total. The van der Waals surface area contributed by atoms with Crippen molar-refractivity contribution in [1.29, 1.82) is 0 Å². The van der Waals surface area contributed by atoms with Crippen LogP contribution in [0.4, 0.5) is 20.2 Å². The van der Waals surface area contributed by atoms with E-state index < -0.39 is 11.6 Å². The number of ether oxygens (including phenoxy) is 1. The van der Waals surface area contributed by atoms with E-state index >= 15 is 0 Å². The van der Waals surface area contributed by atoms with E-state index in [-0.39, 0.29) is 28.7 Å². The van der Waals surface area contributed by atoms with E-state index in [1.165, 1.54) is 6.07 Å². The Morgan fingerprint density at radius 3 is 2.91 bits per heavy atom. The Morgan fingerprint density at radius 2 is 2.13 bits per heavy atom. The van der Waals surface area contributed by atoms with Crippen LogP contribution in [0.15, 0.2) is 12.3 Å². The molecule has 5 nitrogen and oxygen atoms in total. The van der Waals surface area contributed by atoms with Crippen molar-refractivity contribution in [2.75, 3.05) is 16.8 Å². The summed E-state index contributed by atoms with van der Waals surface area (Å²) >= 11 is 5.76. The highest BCUT2D eigenvalue weighted by Crippen LogP contribution is 2.51. The summed E-state index contributed by atoms with van der Waals surface area (Å²) in [5.41, 5.74) is 1.12. The van der Waals surface area contributed by atoms with Gasteiger partial charge in [0.05, 0.1) is 29.7 Å². The minimum Gasteiger partial charge on any atom is -0.488 e. The Bertz CT molecular complexity index is 817. The van der Waals surface area contributed by atoms with Crippen molar-refractivity contribution in [3.63, 3.8) is 0 Å². The molecule has 0 radical (unpaired) electrons. The quantitative estimate of drug-likeness (QED) is 0.807. The fourth-order valence-electron chi connectivity index (χ4n) is 3.22. The number of anilines is 2. The smallest absolute Gasteiger partial charge is 0.223 e. The van der Waals surface area contributed by atoms with Crippen molar-refractivity contribution in [1.82, 2.24) is 9.97 Å². The topological polar surface area (TPSA) is 50.3 Å². The zero-order valence-corrected chi connectivity index (χ0v) is 13.2. The van der Waals surface area contributed by atoms with Gasteiger partial charge in [-0.1, -0.05) is 0 Å². The fraction of sp³-hybridized carbons (Fsp3) is 0.333. The third-order valence-electron chi connectivity index (χ3n) is 4.15. The van der Waals surface area contributed by atoms with E-state index in [0.29, 0.717) is 23.7 Å². The molecule has 0 saturated heterocycles. The Labute approximate surface area is 136 Å². The largest absolute Gasteiger partial charge is 0.488 e. The summed E-state index contributed by atoms with van der Waals surface area (Å²) in [7, 11) is 0. The van der Waals surface area contributed by atoms with Crippen LogP contribution in [0.25, 0.3) is 11.3 Å². The van der Waals surface area contributed by atoms with Crippen molar-refractivity contribution in [2.24, 2.45) is 0 Å². The van der Waals surface area contributed by atoms with Gasteiger partial charge in [0, 0.05) is 0 Å². The van der Waals surface area contributed by atoms with Gasteiger partial charge in [0.2, 0.25) is 5.28 Å². The minimum absolute atomic E-state index is 0.0692. The van der Waals surface area contributed by atoms with E-state index in [4.69, 9.17) is 16.3 Å². The normalized spacial score (nSPS) is 21.7. The Kier molecular flexibility index (Phi) is 3.09. The highest BCUT2D eigenvalue weighted by Gasteiger charge is 2.39. The van der Waals surface area contributed by atoms with E-state index in [1.807, 2.05) is 18.7 Å². The van der Waals surface area contributed by atoms with Gasteiger partial charge in [-0.25, -0.2) is 18.7 Å². The van der Waals surface area contributed by atoms with Crippen LogP contribution < -0.4 is 15.0 Å². The molecule has 0 bridgehead atoms. The predicted octanol–water partition coefficient (Wildman–Crippen LogP) is 3.43. The summed E-state index contributed by atoms with van der Waals surface area (Å²) in [6, 6.07) is 1.29. The minimum atomic E-state index is -0.683. The van der Waals surface area contributed by atoms with Gasteiger partial charge in [-0.15, -0.1) is 0 Å². The van der Waals surface area contributed by atoms with Crippen LogP contribution in [0.3, 0.4) is 0 Å². The number of aromatic nitrogens is 2. The number of benzene rings is 1. The van der Waals surface area contributed by atoms with E-state index in [9.17, 15) is 8.78 Å². The highest BCUT2D eigenvalue weighted by atomic mass is 35.5. The van der Waals surface area contributed by atoms with Crippen molar-refractivity contribution in [3.8, 4) is 17.0 Å². The first-order valence-electron chi connectivity index (χ1n) is 7.20. The highest BCUT2D eigenvalue weighted by molar-refractivity contribution is 6.28. The molecule has 2 aliphatic rings. The molecule has 2 atom stereocenters. The SMILES string of the molecule is CC1COc2c(-c3nc(Cl)ncc3F)cc(F)c3c2N1C(C)N3. The van der Waals surface area contributed by atoms with Crippen molar-refractivity contribution >= 4 is 23.0 Å². The molecule has 4 rings (SSSR count). The van der Waals surface area contributed by atoms with E-state index in [0.717, 1.165) is 6.20 Å². The van der Waals surface area contributed by atoms with Crippen LogP contribution in [-0.4, -0.2) is 28.8 Å². The summed E-state index contributed by atoms with van der Waals surface area (Å²) in [5, 5.41) is 2.99. The second kappa shape index (κ2) is 4.92. The standard InChI is InChI=1S/C15H13ClF2N4O/c1-6-5-23-14-8(11-10(18)4-19-15(16)21-11)3-9(17)12-13(14)22(6)7(2)20-12/h3-4,6-7,20H,5H2,1-2H3. The zero-order valence-electron chi connectivity index (χ0n) is 12.4. The molecule has 0 spiro atoms. The average molecular weight is 339 g/mol. The summed E-state index contributed by atoms with van der Waals surface area (Å²) in [6.07, 6.45) is 0.887. The average Bonchev–Trinajstić information content (AvgIpc) is 2.87. The fourth-order valence-corrected chi connectivity index (χ4v) is 3.35. The molecule has 0 saturated carbocycles. The van der Waals surface area contributed by atoms with Crippen molar-refractivity contribution < 1.29 is 13.5 Å². The third-order valence-corrected chi connectivity index (χ3v) is 4.33. The summed E-state index contributed by atoms with van der Waals surface area (Å²) in [4.78, 5) is 9.52. The van der Waals surface area contributed by atoms with Crippen LogP contribution in [0.5, 0.6) is 5.75 Å². The number of rotatable bonds is 1. The Morgan fingerprint density at radius 1 is 1.35 bits per heavy atom. The van der Waals surface area contributed by atoms with E-state index in [2.05, 4.69) is 15.3 Å². The van der Waals surface area contributed by atoms with Crippen molar-refractivity contribution in [3.05, 3.63) is 29.2 Å². The number of nitrogens with one attached hydrogen (secondary N) is 1. The zero-order chi connectivity index (χ0) is 16.3. The second-order valence-electron chi connectivity index (χ2n) is 5.68. The summed E-state index contributed by atoms with van der Waals surface area (Å²) < 4.78 is 34.5. The first-order valence-corrected chi connectivity index (χ1v) is 7.57. The molecule has 2 aliphatic heterocycles. The van der Waals surface area contributed by atoms with Crippen LogP contribution in [-0.2, 0) is 0 Å². The lowest BCUT2D eigenvalue weighted by atomic mass is 10.0. The number of halogens is 3. The van der Waals surface area contributed by atoms with E-state index in [1.54, 1.807) is 0 Å². The molecule has 1 aromatic carbocycles.